The first kappa shape index (κ1) is 29.1. The molecule has 0 N–H and O–H groups in total. The number of rotatable bonds is 5. The van der Waals surface area contributed by atoms with Crippen LogP contribution in [-0.4, -0.2) is 9.97 Å². The molecule has 0 amide bonds. The van der Waals surface area contributed by atoms with Crippen LogP contribution in [0, 0.1) is 0 Å². The molecule has 0 atom stereocenters. The lowest BCUT2D eigenvalue weighted by Gasteiger charge is -2.23. The minimum Gasteiger partial charge on any atom is -0.456 e. The average molecular weight is 651 g/mol. The molecule has 8 aromatic carbocycles. The lowest BCUT2D eigenvalue weighted by atomic mass is 9.89. The maximum atomic E-state index is 6.56. The van der Waals surface area contributed by atoms with Gasteiger partial charge in [0.2, 0.25) is 0 Å². The summed E-state index contributed by atoms with van der Waals surface area (Å²) in [5.74, 6) is 2.48. The van der Waals surface area contributed by atoms with Gasteiger partial charge < -0.3 is 4.74 Å². The van der Waals surface area contributed by atoms with Crippen LogP contribution in [0.3, 0.4) is 0 Å². The summed E-state index contributed by atoms with van der Waals surface area (Å²) in [7, 11) is 0. The second kappa shape index (κ2) is 11.9. The van der Waals surface area contributed by atoms with Gasteiger partial charge in [-0.2, -0.15) is 0 Å². The van der Waals surface area contributed by atoms with Crippen LogP contribution in [0.5, 0.6) is 11.5 Å². The molecule has 3 heteroatoms. The molecule has 9 aromatic rings. The van der Waals surface area contributed by atoms with Crippen molar-refractivity contribution < 1.29 is 4.74 Å². The van der Waals surface area contributed by atoms with E-state index in [-0.39, 0.29) is 0 Å². The molecule has 1 aliphatic heterocycles. The standard InChI is InChI=1S/C48H30N2O/c1-3-11-33(12-4-1)43-30-44(50-48(49-43)35-13-5-2-6-14-35)34-21-18-32(19-22-34)37-24-26-45-42(29-37)41-17-9-16-40-39(25-27-46(51-45)47(40)41)38-23-20-31-10-7-8-15-36(31)28-38/h1-30H. The lowest BCUT2D eigenvalue weighted by molar-refractivity contribution is 0.487. The molecule has 0 unspecified atom stereocenters. The third-order valence-electron chi connectivity index (χ3n) is 9.89. The van der Waals surface area contributed by atoms with Gasteiger partial charge >= 0.3 is 0 Å². The third-order valence-corrected chi connectivity index (χ3v) is 9.89. The second-order valence-electron chi connectivity index (χ2n) is 13.0. The summed E-state index contributed by atoms with van der Waals surface area (Å²) < 4.78 is 6.56. The average Bonchev–Trinajstić information content (AvgIpc) is 3.21. The summed E-state index contributed by atoms with van der Waals surface area (Å²) in [6, 6.07) is 63.8. The smallest absolute Gasteiger partial charge is 0.160 e. The van der Waals surface area contributed by atoms with E-state index in [0.717, 1.165) is 61.7 Å². The zero-order valence-corrected chi connectivity index (χ0v) is 27.6. The molecule has 51 heavy (non-hydrogen) atoms. The van der Waals surface area contributed by atoms with Gasteiger partial charge in [-0.1, -0.05) is 152 Å². The highest BCUT2D eigenvalue weighted by atomic mass is 16.5. The lowest BCUT2D eigenvalue weighted by Crippen LogP contribution is -1.98. The topological polar surface area (TPSA) is 35.0 Å². The van der Waals surface area contributed by atoms with Crippen molar-refractivity contribution in [2.45, 2.75) is 0 Å². The molecule has 0 saturated carbocycles. The number of ether oxygens (including phenoxy) is 1. The highest BCUT2D eigenvalue weighted by Crippen LogP contribution is 2.49. The van der Waals surface area contributed by atoms with Gasteiger partial charge in [0.25, 0.3) is 0 Å². The molecule has 0 bridgehead atoms. The Morgan fingerprint density at radius 2 is 0.961 bits per heavy atom. The monoisotopic (exact) mass is 650 g/mol. The van der Waals surface area contributed by atoms with Crippen molar-refractivity contribution in [3.63, 3.8) is 0 Å². The predicted octanol–water partition coefficient (Wildman–Crippen LogP) is 12.9. The molecule has 2 heterocycles. The van der Waals surface area contributed by atoms with Crippen LogP contribution in [0.2, 0.25) is 0 Å². The fourth-order valence-corrected chi connectivity index (χ4v) is 7.32. The number of benzene rings is 8. The van der Waals surface area contributed by atoms with Crippen molar-refractivity contribution in [2.24, 2.45) is 0 Å². The maximum absolute atomic E-state index is 6.56. The predicted molar refractivity (Wildman–Crippen MR) is 210 cm³/mol. The third kappa shape index (κ3) is 5.15. The van der Waals surface area contributed by atoms with Crippen LogP contribution in [0.4, 0.5) is 0 Å². The Morgan fingerprint density at radius 1 is 0.333 bits per heavy atom. The van der Waals surface area contributed by atoms with Crippen molar-refractivity contribution >= 4 is 21.5 Å². The summed E-state index contributed by atoms with van der Waals surface area (Å²) in [5, 5.41) is 4.82. The van der Waals surface area contributed by atoms with Crippen LogP contribution in [0.25, 0.3) is 88.8 Å². The van der Waals surface area contributed by atoms with Crippen LogP contribution in [0.15, 0.2) is 182 Å². The van der Waals surface area contributed by atoms with E-state index in [0.29, 0.717) is 5.82 Å². The summed E-state index contributed by atoms with van der Waals surface area (Å²) in [5.41, 5.74) is 11.8. The van der Waals surface area contributed by atoms with Gasteiger partial charge in [-0.15, -0.1) is 0 Å². The van der Waals surface area contributed by atoms with E-state index in [1.54, 1.807) is 0 Å². The molecule has 238 valence electrons. The van der Waals surface area contributed by atoms with E-state index in [1.807, 2.05) is 36.4 Å². The fraction of sp³-hybridized carbons (Fsp3) is 0. The van der Waals surface area contributed by atoms with Crippen molar-refractivity contribution in [1.82, 2.24) is 9.97 Å². The highest BCUT2D eigenvalue weighted by Gasteiger charge is 2.22. The molecule has 0 fully saturated rings. The van der Waals surface area contributed by atoms with Crippen LogP contribution in [-0.2, 0) is 0 Å². The molecule has 0 spiro atoms. The van der Waals surface area contributed by atoms with E-state index < -0.39 is 0 Å². The van der Waals surface area contributed by atoms with Gasteiger partial charge in [-0.05, 0) is 74.3 Å². The Labute approximate surface area is 296 Å². The first-order valence-corrected chi connectivity index (χ1v) is 17.2. The largest absolute Gasteiger partial charge is 0.456 e. The summed E-state index contributed by atoms with van der Waals surface area (Å²) in [6.07, 6.45) is 0. The van der Waals surface area contributed by atoms with Crippen molar-refractivity contribution in [1.29, 1.82) is 0 Å². The summed E-state index contributed by atoms with van der Waals surface area (Å²) >= 11 is 0. The number of aromatic nitrogens is 2. The number of hydrogen-bond donors (Lipinski definition) is 0. The van der Waals surface area contributed by atoms with E-state index in [4.69, 9.17) is 14.7 Å². The molecule has 0 radical (unpaired) electrons. The van der Waals surface area contributed by atoms with E-state index >= 15 is 0 Å². The molecular formula is C48H30N2O. The minimum atomic E-state index is 0.712. The van der Waals surface area contributed by atoms with Gasteiger partial charge in [-0.3, -0.25) is 0 Å². The van der Waals surface area contributed by atoms with E-state index in [2.05, 4.69) is 146 Å². The SMILES string of the molecule is c1ccc(-c2cc(-c3ccc(-c4ccc5c(c4)-c4cccc6c(-c7ccc8ccccc8c7)ccc(c46)O5)cc3)nc(-c3ccccc3)n2)cc1. The number of nitrogens with zero attached hydrogens (tertiary/aromatic N) is 2. The van der Waals surface area contributed by atoms with Gasteiger partial charge in [0.15, 0.2) is 5.82 Å². The van der Waals surface area contributed by atoms with Crippen LogP contribution in [0.1, 0.15) is 0 Å². The van der Waals surface area contributed by atoms with Crippen molar-refractivity contribution in [2.75, 3.05) is 0 Å². The first-order chi connectivity index (χ1) is 25.2. The van der Waals surface area contributed by atoms with Gasteiger partial charge in [0.05, 0.1) is 11.4 Å². The molecule has 1 aromatic heterocycles. The Kier molecular flexibility index (Phi) is 6.81. The molecule has 3 nitrogen and oxygen atoms in total. The van der Waals surface area contributed by atoms with E-state index in [1.165, 1.54) is 32.8 Å². The van der Waals surface area contributed by atoms with E-state index in [9.17, 15) is 0 Å². The Balaban J connectivity index is 1.03. The maximum Gasteiger partial charge on any atom is 0.160 e. The van der Waals surface area contributed by atoms with Crippen molar-refractivity contribution in [3.8, 4) is 78.8 Å². The molecular weight excluding hydrogens is 621 g/mol. The van der Waals surface area contributed by atoms with Crippen LogP contribution >= 0.6 is 0 Å². The Bertz CT molecular complexity index is 2700. The zero-order chi connectivity index (χ0) is 33.7. The molecule has 0 aliphatic carbocycles. The van der Waals surface area contributed by atoms with Gasteiger partial charge in [0.1, 0.15) is 11.5 Å². The Morgan fingerprint density at radius 3 is 1.75 bits per heavy atom. The minimum absolute atomic E-state index is 0.712. The molecule has 0 saturated heterocycles. The quantitative estimate of drug-likeness (QED) is 0.186. The van der Waals surface area contributed by atoms with Gasteiger partial charge in [-0.25, -0.2) is 9.97 Å². The van der Waals surface area contributed by atoms with Crippen LogP contribution < -0.4 is 4.74 Å². The molecule has 10 rings (SSSR count). The number of fused-ring (bicyclic) bond motifs is 3. The van der Waals surface area contributed by atoms with Gasteiger partial charge in [0, 0.05) is 27.6 Å². The molecule has 1 aliphatic rings. The Hall–Kier alpha value is -6.84. The zero-order valence-electron chi connectivity index (χ0n) is 27.6. The normalized spacial score (nSPS) is 11.7. The summed E-state index contributed by atoms with van der Waals surface area (Å²) in [6.45, 7) is 0. The summed E-state index contributed by atoms with van der Waals surface area (Å²) in [4.78, 5) is 9.97. The second-order valence-corrected chi connectivity index (χ2v) is 13.0. The first-order valence-electron chi connectivity index (χ1n) is 17.2. The van der Waals surface area contributed by atoms with Crippen molar-refractivity contribution in [3.05, 3.63) is 182 Å². The fourth-order valence-electron chi connectivity index (χ4n) is 7.32. The number of hydrogen-bond acceptors (Lipinski definition) is 3. The highest BCUT2D eigenvalue weighted by molar-refractivity contribution is 6.10.